The fourth-order valence-corrected chi connectivity index (χ4v) is 4.10. The Morgan fingerprint density at radius 3 is 2.47 bits per heavy atom. The zero-order chi connectivity index (χ0) is 22.1. The molecule has 0 saturated carbocycles. The molecule has 8 nitrogen and oxygen atoms in total. The van der Waals surface area contributed by atoms with Crippen LogP contribution in [0.2, 0.25) is 0 Å². The molecule has 1 amide bonds. The van der Waals surface area contributed by atoms with Crippen LogP contribution in [-0.4, -0.2) is 49.8 Å². The van der Waals surface area contributed by atoms with E-state index >= 15 is 0 Å². The van der Waals surface area contributed by atoms with Crippen molar-refractivity contribution in [2.75, 3.05) is 18.9 Å². The quantitative estimate of drug-likeness (QED) is 0.648. The lowest BCUT2D eigenvalue weighted by molar-refractivity contribution is -0.137. The van der Waals surface area contributed by atoms with Crippen LogP contribution in [0.4, 0.5) is 18.9 Å². The van der Waals surface area contributed by atoms with Crippen LogP contribution in [-0.2, 0) is 20.8 Å². The van der Waals surface area contributed by atoms with Crippen LogP contribution < -0.4 is 11.1 Å². The number of aliphatic hydroxyl groups is 1. The monoisotopic (exact) mass is 445 g/mol. The average Bonchev–Trinajstić information content (AvgIpc) is 2.69. The van der Waals surface area contributed by atoms with E-state index in [1.54, 1.807) is 0 Å². The van der Waals surface area contributed by atoms with E-state index in [0.717, 1.165) is 24.4 Å². The largest absolute Gasteiger partial charge is 0.416 e. The zero-order valence-electron chi connectivity index (χ0n) is 15.4. The summed E-state index contributed by atoms with van der Waals surface area (Å²) < 4.78 is 68.5. The minimum absolute atomic E-state index is 0.104. The van der Waals surface area contributed by atoms with Gasteiger partial charge in [0.15, 0.2) is 5.69 Å². The summed E-state index contributed by atoms with van der Waals surface area (Å²) in [7, 11) is -4.20. The molecule has 0 unspecified atom stereocenters. The number of hydrogen-bond donors (Lipinski definition) is 3. The van der Waals surface area contributed by atoms with Gasteiger partial charge >= 0.3 is 6.18 Å². The zero-order valence-corrected chi connectivity index (χ0v) is 16.2. The van der Waals surface area contributed by atoms with Crippen molar-refractivity contribution in [2.24, 2.45) is 0 Å². The molecule has 1 aromatic heterocycles. The number of nitrogens with one attached hydrogen (secondary N) is 1. The molecule has 4 N–H and O–H groups in total. The highest BCUT2D eigenvalue weighted by Crippen LogP contribution is 2.31. The molecule has 12 heteroatoms. The van der Waals surface area contributed by atoms with Crippen LogP contribution in [0.3, 0.4) is 0 Å². The molecule has 2 aromatic rings. The normalized spacial score (nSPS) is 20.0. The lowest BCUT2D eigenvalue weighted by Crippen LogP contribution is -2.49. The van der Waals surface area contributed by atoms with E-state index in [1.807, 2.05) is 0 Å². The van der Waals surface area contributed by atoms with Gasteiger partial charge < -0.3 is 20.9 Å². The SMILES string of the molecule is Nc1cc(S(=O)(=O)c2ccc(C(F)(F)F)cc2)cnc1C(=O)N[C@H]1COCC[C@H]1O. The molecule has 1 aliphatic heterocycles. The first-order chi connectivity index (χ1) is 14.0. The minimum Gasteiger partial charge on any atom is -0.397 e. The van der Waals surface area contributed by atoms with Crippen molar-refractivity contribution >= 4 is 21.4 Å². The van der Waals surface area contributed by atoms with E-state index in [9.17, 15) is 31.5 Å². The second kappa shape index (κ2) is 8.20. The van der Waals surface area contributed by atoms with E-state index in [4.69, 9.17) is 10.5 Å². The molecule has 2 atom stereocenters. The number of amides is 1. The maximum atomic E-state index is 12.7. The number of alkyl halides is 3. The highest BCUT2D eigenvalue weighted by atomic mass is 32.2. The molecule has 0 bridgehead atoms. The number of anilines is 1. The van der Waals surface area contributed by atoms with Crippen LogP contribution in [0.5, 0.6) is 0 Å². The average molecular weight is 445 g/mol. The minimum atomic E-state index is -4.60. The fourth-order valence-electron chi connectivity index (χ4n) is 2.86. The molecule has 30 heavy (non-hydrogen) atoms. The molecule has 0 aliphatic carbocycles. The number of nitrogen functional groups attached to an aromatic ring is 1. The van der Waals surface area contributed by atoms with Crippen molar-refractivity contribution in [2.45, 2.75) is 34.5 Å². The number of halogens is 3. The van der Waals surface area contributed by atoms with Gasteiger partial charge in [0.2, 0.25) is 9.84 Å². The molecule has 3 rings (SSSR count). The highest BCUT2D eigenvalue weighted by molar-refractivity contribution is 7.91. The Labute approximate surface area is 169 Å². The summed E-state index contributed by atoms with van der Waals surface area (Å²) in [6.45, 7) is 0.470. The first kappa shape index (κ1) is 22.0. The smallest absolute Gasteiger partial charge is 0.397 e. The molecule has 0 radical (unpaired) electrons. The molecule has 162 valence electrons. The third-order valence-corrected chi connectivity index (χ3v) is 6.28. The molecular weight excluding hydrogens is 427 g/mol. The number of hydrogen-bond acceptors (Lipinski definition) is 7. The number of nitrogens with zero attached hydrogens (tertiary/aromatic N) is 1. The Hall–Kier alpha value is -2.70. The summed E-state index contributed by atoms with van der Waals surface area (Å²) in [5.41, 5.74) is 4.31. The number of aliphatic hydroxyl groups excluding tert-OH is 1. The number of carbonyl (C=O) groups excluding carboxylic acids is 1. The van der Waals surface area contributed by atoms with E-state index in [-0.39, 0.29) is 27.8 Å². The van der Waals surface area contributed by atoms with Gasteiger partial charge in [0.25, 0.3) is 5.91 Å². The standard InChI is InChI=1S/C18H18F3N3O5S/c19-18(20,21)10-1-3-11(4-2-10)30(27,28)12-7-13(22)16(23-8-12)17(26)24-14-9-29-6-5-15(14)25/h1-4,7-8,14-15,25H,5-6,9,22H2,(H,24,26)/t14-,15+/m0/s1. The molecule has 2 heterocycles. The molecule has 1 saturated heterocycles. The van der Waals surface area contributed by atoms with E-state index in [0.29, 0.717) is 25.2 Å². The van der Waals surface area contributed by atoms with Gasteiger partial charge in [0.05, 0.1) is 39.8 Å². The van der Waals surface area contributed by atoms with E-state index in [2.05, 4.69) is 10.3 Å². The van der Waals surface area contributed by atoms with E-state index in [1.165, 1.54) is 0 Å². The summed E-state index contributed by atoms with van der Waals surface area (Å²) in [5, 5.41) is 12.4. The molecular formula is C18H18F3N3O5S. The maximum Gasteiger partial charge on any atom is 0.416 e. The van der Waals surface area contributed by atoms with Crippen molar-refractivity contribution in [3.63, 3.8) is 0 Å². The highest BCUT2D eigenvalue weighted by Gasteiger charge is 2.31. The van der Waals surface area contributed by atoms with Gasteiger partial charge in [-0.25, -0.2) is 13.4 Å². The Morgan fingerprint density at radius 1 is 1.23 bits per heavy atom. The number of sulfone groups is 1. The molecule has 0 spiro atoms. The topological polar surface area (TPSA) is 132 Å². The molecule has 1 aliphatic rings. The Bertz CT molecular complexity index is 1040. The Kier molecular flexibility index (Phi) is 6.01. The van der Waals surface area contributed by atoms with Crippen LogP contribution >= 0.6 is 0 Å². The number of pyridine rings is 1. The maximum absolute atomic E-state index is 12.7. The first-order valence-corrected chi connectivity index (χ1v) is 10.2. The number of benzene rings is 1. The summed E-state index contributed by atoms with van der Waals surface area (Å²) in [4.78, 5) is 15.4. The van der Waals surface area contributed by atoms with Crippen molar-refractivity contribution in [3.05, 3.63) is 47.8 Å². The molecule has 1 fully saturated rings. The predicted molar refractivity (Wildman–Crippen MR) is 98.2 cm³/mol. The van der Waals surface area contributed by atoms with Crippen molar-refractivity contribution in [3.8, 4) is 0 Å². The van der Waals surface area contributed by atoms with Crippen LogP contribution in [0.1, 0.15) is 22.5 Å². The van der Waals surface area contributed by atoms with Crippen molar-refractivity contribution in [1.29, 1.82) is 0 Å². The van der Waals surface area contributed by atoms with Crippen LogP contribution in [0.25, 0.3) is 0 Å². The summed E-state index contributed by atoms with van der Waals surface area (Å²) in [5.74, 6) is -0.722. The summed E-state index contributed by atoms with van der Waals surface area (Å²) in [6.07, 6.45) is -4.16. The fraction of sp³-hybridized carbons (Fsp3) is 0.333. The summed E-state index contributed by atoms with van der Waals surface area (Å²) in [6, 6.07) is 3.32. The first-order valence-electron chi connectivity index (χ1n) is 8.74. The number of ether oxygens (including phenoxy) is 1. The second-order valence-electron chi connectivity index (χ2n) is 6.65. The van der Waals surface area contributed by atoms with Crippen LogP contribution in [0.15, 0.2) is 46.3 Å². The van der Waals surface area contributed by atoms with Gasteiger partial charge in [0, 0.05) is 12.8 Å². The Morgan fingerprint density at radius 2 is 1.90 bits per heavy atom. The number of aromatic nitrogens is 1. The predicted octanol–water partition coefficient (Wildman–Crippen LogP) is 1.40. The van der Waals surface area contributed by atoms with Gasteiger partial charge in [-0.05, 0) is 36.8 Å². The number of carbonyl (C=O) groups is 1. The lowest BCUT2D eigenvalue weighted by Gasteiger charge is -2.28. The van der Waals surface area contributed by atoms with Gasteiger partial charge in [0.1, 0.15) is 0 Å². The van der Waals surface area contributed by atoms with Crippen molar-refractivity contribution in [1.82, 2.24) is 10.3 Å². The number of rotatable bonds is 4. The second-order valence-corrected chi connectivity index (χ2v) is 8.60. The third-order valence-electron chi connectivity index (χ3n) is 4.55. The third kappa shape index (κ3) is 4.55. The molecule has 1 aromatic carbocycles. The van der Waals surface area contributed by atoms with E-state index < -0.39 is 39.6 Å². The lowest BCUT2D eigenvalue weighted by atomic mass is 10.1. The van der Waals surface area contributed by atoms with Crippen LogP contribution in [0, 0.1) is 0 Å². The van der Waals surface area contributed by atoms with Crippen molar-refractivity contribution < 1.29 is 36.2 Å². The van der Waals surface area contributed by atoms with Gasteiger partial charge in [-0.15, -0.1) is 0 Å². The van der Waals surface area contributed by atoms with Gasteiger partial charge in [-0.1, -0.05) is 0 Å². The van der Waals surface area contributed by atoms with Gasteiger partial charge in [-0.2, -0.15) is 13.2 Å². The Balaban J connectivity index is 1.82. The van der Waals surface area contributed by atoms with Gasteiger partial charge in [-0.3, -0.25) is 4.79 Å². The number of nitrogens with two attached hydrogens (primary N) is 1. The summed E-state index contributed by atoms with van der Waals surface area (Å²) >= 11 is 0.